The Kier molecular flexibility index (Phi) is 7.25. The van der Waals surface area contributed by atoms with Gasteiger partial charge in [-0.15, -0.1) is 0 Å². The molecule has 0 unspecified atom stereocenters. The normalized spacial score (nSPS) is 16.5. The van der Waals surface area contributed by atoms with Crippen LogP contribution in [0.5, 0.6) is 0 Å². The van der Waals surface area contributed by atoms with E-state index in [9.17, 15) is 9.59 Å². The number of likely N-dealkylation sites (tertiary alicyclic amines) is 1. The molecule has 1 saturated heterocycles. The predicted octanol–water partition coefficient (Wildman–Crippen LogP) is 3.31. The van der Waals surface area contributed by atoms with Crippen molar-refractivity contribution in [3.8, 4) is 0 Å². The first-order chi connectivity index (χ1) is 14.0. The Morgan fingerprint density at radius 1 is 1.03 bits per heavy atom. The molecule has 2 aromatic carbocycles. The number of hydrogen-bond donors (Lipinski definition) is 2. The third-order valence-electron chi connectivity index (χ3n) is 5.16. The number of nitrogens with zero attached hydrogens (tertiary/aromatic N) is 2. The van der Waals surface area contributed by atoms with Crippen LogP contribution in [0.25, 0.3) is 0 Å². The zero-order valence-corrected chi connectivity index (χ0v) is 17.2. The van der Waals surface area contributed by atoms with Gasteiger partial charge in [0.1, 0.15) is 0 Å². The number of nitrogens with one attached hydrogen (secondary N) is 2. The molecule has 6 nitrogen and oxygen atoms in total. The van der Waals surface area contributed by atoms with Gasteiger partial charge in [-0.05, 0) is 50.2 Å². The number of hydrogen-bond acceptors (Lipinski definition) is 3. The third kappa shape index (κ3) is 6.06. The van der Waals surface area contributed by atoms with Crippen molar-refractivity contribution in [2.24, 2.45) is 5.92 Å². The number of carbonyl (C=O) groups excluding carboxylic acids is 2. The van der Waals surface area contributed by atoms with Crippen molar-refractivity contribution in [2.45, 2.75) is 25.9 Å². The van der Waals surface area contributed by atoms with Gasteiger partial charge in [-0.2, -0.15) is 0 Å². The summed E-state index contributed by atoms with van der Waals surface area (Å²) < 4.78 is 0. The van der Waals surface area contributed by atoms with Crippen LogP contribution in [0, 0.1) is 5.92 Å². The zero-order valence-electron chi connectivity index (χ0n) is 17.2. The van der Waals surface area contributed by atoms with E-state index in [0.717, 1.165) is 30.6 Å². The number of para-hydroxylation sites is 1. The lowest BCUT2D eigenvalue weighted by atomic mass is 9.97. The highest BCUT2D eigenvalue weighted by Crippen LogP contribution is 2.19. The smallest absolute Gasteiger partial charge is 0.321 e. The van der Waals surface area contributed by atoms with Crippen molar-refractivity contribution in [1.82, 2.24) is 15.1 Å². The van der Waals surface area contributed by atoms with Gasteiger partial charge in [-0.25, -0.2) is 4.79 Å². The van der Waals surface area contributed by atoms with Crippen molar-refractivity contribution in [2.75, 3.05) is 32.5 Å². The Balaban J connectivity index is 1.54. The van der Waals surface area contributed by atoms with Crippen molar-refractivity contribution >= 4 is 17.6 Å². The van der Waals surface area contributed by atoms with Crippen LogP contribution in [-0.2, 0) is 17.9 Å². The molecule has 1 aliphatic rings. The van der Waals surface area contributed by atoms with Crippen LogP contribution >= 0.6 is 0 Å². The quantitative estimate of drug-likeness (QED) is 0.790. The van der Waals surface area contributed by atoms with Crippen LogP contribution in [0.1, 0.15) is 24.0 Å². The predicted molar refractivity (Wildman–Crippen MR) is 115 cm³/mol. The summed E-state index contributed by atoms with van der Waals surface area (Å²) in [5.41, 5.74) is 3.11. The Morgan fingerprint density at radius 2 is 1.72 bits per heavy atom. The van der Waals surface area contributed by atoms with Gasteiger partial charge in [0.25, 0.3) is 0 Å². The minimum atomic E-state index is -0.175. The highest BCUT2D eigenvalue weighted by Gasteiger charge is 2.28. The SMILES string of the molecule is CN(C)Cc1ccccc1CNC(=O)[C@@H]1CCCN(C(=O)Nc2ccccc2)C1. The van der Waals surface area contributed by atoms with E-state index < -0.39 is 0 Å². The molecule has 1 fully saturated rings. The van der Waals surface area contributed by atoms with Crippen LogP contribution in [0.15, 0.2) is 54.6 Å². The van der Waals surface area contributed by atoms with Crippen LogP contribution in [0.2, 0.25) is 0 Å². The Bertz CT molecular complexity index is 823. The van der Waals surface area contributed by atoms with E-state index in [0.29, 0.717) is 19.6 Å². The molecular formula is C23H30N4O2. The molecule has 3 rings (SSSR count). The monoisotopic (exact) mass is 394 g/mol. The van der Waals surface area contributed by atoms with E-state index in [2.05, 4.69) is 27.7 Å². The van der Waals surface area contributed by atoms with Crippen LogP contribution in [-0.4, -0.2) is 48.9 Å². The molecule has 0 aromatic heterocycles. The number of piperidine rings is 1. The molecule has 1 aliphatic heterocycles. The largest absolute Gasteiger partial charge is 0.352 e. The molecule has 0 aliphatic carbocycles. The summed E-state index contributed by atoms with van der Waals surface area (Å²) in [6.07, 6.45) is 1.64. The Morgan fingerprint density at radius 3 is 2.45 bits per heavy atom. The first-order valence-corrected chi connectivity index (χ1v) is 10.1. The molecule has 1 atom stereocenters. The first-order valence-electron chi connectivity index (χ1n) is 10.1. The lowest BCUT2D eigenvalue weighted by Crippen LogP contribution is -2.46. The van der Waals surface area contributed by atoms with E-state index in [1.165, 1.54) is 5.56 Å². The van der Waals surface area contributed by atoms with Gasteiger partial charge in [0.2, 0.25) is 5.91 Å². The summed E-state index contributed by atoms with van der Waals surface area (Å²) in [6.45, 7) is 2.47. The second kappa shape index (κ2) is 10.1. The highest BCUT2D eigenvalue weighted by atomic mass is 16.2. The van der Waals surface area contributed by atoms with Crippen LogP contribution in [0.3, 0.4) is 0 Å². The lowest BCUT2D eigenvalue weighted by molar-refractivity contribution is -0.126. The van der Waals surface area contributed by atoms with Gasteiger partial charge in [-0.1, -0.05) is 42.5 Å². The van der Waals surface area contributed by atoms with Gasteiger partial charge < -0.3 is 20.4 Å². The van der Waals surface area contributed by atoms with Crippen LogP contribution in [0.4, 0.5) is 10.5 Å². The summed E-state index contributed by atoms with van der Waals surface area (Å²) in [5, 5.41) is 5.98. The molecule has 29 heavy (non-hydrogen) atoms. The molecule has 1 heterocycles. The van der Waals surface area contributed by atoms with Gasteiger partial charge in [0.15, 0.2) is 0 Å². The molecule has 0 radical (unpaired) electrons. The molecule has 154 valence electrons. The number of urea groups is 1. The van der Waals surface area contributed by atoms with E-state index >= 15 is 0 Å². The summed E-state index contributed by atoms with van der Waals surface area (Å²) in [4.78, 5) is 29.1. The molecular weight excluding hydrogens is 364 g/mol. The number of benzene rings is 2. The van der Waals surface area contributed by atoms with E-state index in [-0.39, 0.29) is 17.9 Å². The maximum atomic E-state index is 12.8. The third-order valence-corrected chi connectivity index (χ3v) is 5.16. The van der Waals surface area contributed by atoms with Crippen molar-refractivity contribution in [1.29, 1.82) is 0 Å². The summed E-state index contributed by atoms with van der Waals surface area (Å²) >= 11 is 0. The minimum absolute atomic E-state index is 0.0156. The second-order valence-electron chi connectivity index (χ2n) is 7.81. The maximum absolute atomic E-state index is 12.8. The number of amides is 3. The van der Waals surface area contributed by atoms with Crippen molar-refractivity contribution < 1.29 is 9.59 Å². The standard InChI is InChI=1S/C23H30N4O2/c1-26(2)16-19-10-7-6-9-18(19)15-24-22(28)20-11-8-14-27(17-20)23(29)25-21-12-4-3-5-13-21/h3-7,9-10,12-13,20H,8,11,14-17H2,1-2H3,(H,24,28)(H,25,29)/t20-/m1/s1. The van der Waals surface area contributed by atoms with Gasteiger partial charge >= 0.3 is 6.03 Å². The van der Waals surface area contributed by atoms with Crippen molar-refractivity contribution in [3.05, 3.63) is 65.7 Å². The average molecular weight is 395 g/mol. The van der Waals surface area contributed by atoms with Gasteiger partial charge in [0, 0.05) is 31.9 Å². The van der Waals surface area contributed by atoms with E-state index in [4.69, 9.17) is 0 Å². The fourth-order valence-electron chi connectivity index (χ4n) is 3.65. The van der Waals surface area contributed by atoms with Gasteiger partial charge in [0.05, 0.1) is 5.92 Å². The molecule has 0 bridgehead atoms. The zero-order chi connectivity index (χ0) is 20.6. The van der Waals surface area contributed by atoms with Crippen molar-refractivity contribution in [3.63, 3.8) is 0 Å². The number of carbonyl (C=O) groups is 2. The molecule has 0 spiro atoms. The second-order valence-corrected chi connectivity index (χ2v) is 7.81. The fraction of sp³-hybridized carbons (Fsp3) is 0.391. The summed E-state index contributed by atoms with van der Waals surface area (Å²) in [5.74, 6) is -0.159. The molecule has 2 N–H and O–H groups in total. The van der Waals surface area contributed by atoms with E-state index in [1.54, 1.807) is 4.90 Å². The number of anilines is 1. The molecule has 3 amide bonds. The Labute approximate surface area is 172 Å². The molecule has 2 aromatic rings. The number of rotatable bonds is 6. The highest BCUT2D eigenvalue weighted by molar-refractivity contribution is 5.90. The minimum Gasteiger partial charge on any atom is -0.352 e. The Hall–Kier alpha value is -2.86. The molecule has 6 heteroatoms. The summed E-state index contributed by atoms with van der Waals surface area (Å²) in [6, 6.07) is 17.4. The van der Waals surface area contributed by atoms with Gasteiger partial charge in [-0.3, -0.25) is 4.79 Å². The topological polar surface area (TPSA) is 64.7 Å². The van der Waals surface area contributed by atoms with E-state index in [1.807, 2.05) is 56.6 Å². The summed E-state index contributed by atoms with van der Waals surface area (Å²) in [7, 11) is 4.07. The average Bonchev–Trinajstić information content (AvgIpc) is 2.73. The maximum Gasteiger partial charge on any atom is 0.321 e. The lowest BCUT2D eigenvalue weighted by Gasteiger charge is -2.32. The first kappa shape index (κ1) is 20.9. The fourth-order valence-corrected chi connectivity index (χ4v) is 3.65. The van der Waals surface area contributed by atoms with Crippen LogP contribution < -0.4 is 10.6 Å². The molecule has 0 saturated carbocycles.